The summed E-state index contributed by atoms with van der Waals surface area (Å²) in [4.78, 5) is 0. The molecule has 0 aromatic carbocycles. The van der Waals surface area contributed by atoms with E-state index in [0.717, 1.165) is 23.1 Å². The van der Waals surface area contributed by atoms with Crippen LogP contribution in [0.15, 0.2) is 0 Å². The number of hydrogen-bond donors (Lipinski definition) is 1. The fraction of sp³-hybridized carbons (Fsp3) is 1.00. The standard InChI is InChI=1S/C12H23NS/c1-8-5-9(2)11-10(6-8)13-12(3,4)7-14-11/h8-11,13H,5-7H2,1-4H3. The first-order chi connectivity index (χ1) is 6.48. The van der Waals surface area contributed by atoms with Crippen LogP contribution >= 0.6 is 11.8 Å². The summed E-state index contributed by atoms with van der Waals surface area (Å²) >= 11 is 2.20. The lowest BCUT2D eigenvalue weighted by Gasteiger charge is -2.48. The Balaban J connectivity index is 2.06. The molecule has 0 aromatic heterocycles. The van der Waals surface area contributed by atoms with Gasteiger partial charge in [-0.25, -0.2) is 0 Å². The highest BCUT2D eigenvalue weighted by Gasteiger charge is 2.40. The Morgan fingerprint density at radius 2 is 1.93 bits per heavy atom. The second kappa shape index (κ2) is 3.71. The van der Waals surface area contributed by atoms with Crippen LogP contribution in [0.4, 0.5) is 0 Å². The Bertz CT molecular complexity index is 214. The Morgan fingerprint density at radius 1 is 1.21 bits per heavy atom. The van der Waals surface area contributed by atoms with Gasteiger partial charge in [-0.1, -0.05) is 13.8 Å². The van der Waals surface area contributed by atoms with Gasteiger partial charge in [-0.15, -0.1) is 0 Å². The van der Waals surface area contributed by atoms with Gasteiger partial charge < -0.3 is 5.32 Å². The maximum Gasteiger partial charge on any atom is 0.0227 e. The van der Waals surface area contributed by atoms with Crippen molar-refractivity contribution in [2.24, 2.45) is 11.8 Å². The van der Waals surface area contributed by atoms with Gasteiger partial charge >= 0.3 is 0 Å². The first-order valence-electron chi connectivity index (χ1n) is 5.87. The molecule has 14 heavy (non-hydrogen) atoms. The maximum absolute atomic E-state index is 3.83. The number of rotatable bonds is 0. The van der Waals surface area contributed by atoms with Crippen molar-refractivity contribution in [3.05, 3.63) is 0 Å². The molecule has 1 saturated heterocycles. The third-order valence-corrected chi connectivity index (χ3v) is 5.67. The average molecular weight is 213 g/mol. The molecule has 1 N–H and O–H groups in total. The first-order valence-corrected chi connectivity index (χ1v) is 6.92. The fourth-order valence-electron chi connectivity index (χ4n) is 3.10. The smallest absolute Gasteiger partial charge is 0.0227 e. The molecule has 4 atom stereocenters. The van der Waals surface area contributed by atoms with Gasteiger partial charge in [0.15, 0.2) is 0 Å². The lowest BCUT2D eigenvalue weighted by molar-refractivity contribution is 0.208. The molecule has 2 heteroatoms. The second-order valence-corrected chi connectivity index (χ2v) is 7.13. The molecular weight excluding hydrogens is 190 g/mol. The average Bonchev–Trinajstić information content (AvgIpc) is 2.00. The molecule has 82 valence electrons. The monoisotopic (exact) mass is 213 g/mol. The van der Waals surface area contributed by atoms with Gasteiger partial charge in [-0.3, -0.25) is 0 Å². The normalized spacial score (nSPS) is 47.1. The summed E-state index contributed by atoms with van der Waals surface area (Å²) in [6.45, 7) is 9.50. The molecule has 0 aromatic rings. The van der Waals surface area contributed by atoms with Gasteiger partial charge in [-0.2, -0.15) is 11.8 Å². The van der Waals surface area contributed by atoms with Crippen LogP contribution in [0.2, 0.25) is 0 Å². The number of hydrogen-bond acceptors (Lipinski definition) is 2. The molecule has 1 saturated carbocycles. The summed E-state index contributed by atoms with van der Waals surface area (Å²) < 4.78 is 0. The fourth-order valence-corrected chi connectivity index (χ4v) is 4.64. The van der Waals surface area contributed by atoms with E-state index in [1.54, 1.807) is 0 Å². The van der Waals surface area contributed by atoms with Crippen molar-refractivity contribution in [3.63, 3.8) is 0 Å². The van der Waals surface area contributed by atoms with E-state index in [9.17, 15) is 0 Å². The van der Waals surface area contributed by atoms with Crippen molar-refractivity contribution in [3.8, 4) is 0 Å². The first kappa shape index (κ1) is 10.8. The van der Waals surface area contributed by atoms with E-state index in [-0.39, 0.29) is 0 Å². The summed E-state index contributed by atoms with van der Waals surface area (Å²) in [7, 11) is 0. The van der Waals surface area contributed by atoms with Crippen molar-refractivity contribution in [2.45, 2.75) is 57.4 Å². The second-order valence-electron chi connectivity index (χ2n) is 5.96. The highest BCUT2D eigenvalue weighted by atomic mass is 32.2. The van der Waals surface area contributed by atoms with Gasteiger partial charge in [0.05, 0.1) is 0 Å². The summed E-state index contributed by atoms with van der Waals surface area (Å²) in [5.41, 5.74) is 0.350. The molecule has 1 aliphatic carbocycles. The molecule has 0 bridgehead atoms. The Kier molecular flexibility index (Phi) is 2.87. The van der Waals surface area contributed by atoms with Crippen LogP contribution in [-0.4, -0.2) is 22.6 Å². The van der Waals surface area contributed by atoms with Crippen LogP contribution in [0.25, 0.3) is 0 Å². The van der Waals surface area contributed by atoms with Gasteiger partial charge in [0.1, 0.15) is 0 Å². The summed E-state index contributed by atoms with van der Waals surface area (Å²) in [6.07, 6.45) is 2.81. The topological polar surface area (TPSA) is 12.0 Å². The van der Waals surface area contributed by atoms with E-state index in [1.807, 2.05) is 0 Å². The highest BCUT2D eigenvalue weighted by molar-refractivity contribution is 8.00. The van der Waals surface area contributed by atoms with Crippen molar-refractivity contribution in [1.29, 1.82) is 0 Å². The molecule has 1 aliphatic heterocycles. The largest absolute Gasteiger partial charge is 0.307 e. The van der Waals surface area contributed by atoms with Crippen molar-refractivity contribution >= 4 is 11.8 Å². The third kappa shape index (κ3) is 2.11. The van der Waals surface area contributed by atoms with Crippen molar-refractivity contribution in [2.75, 3.05) is 5.75 Å². The predicted octanol–water partition coefficient (Wildman–Crippen LogP) is 2.90. The number of fused-ring (bicyclic) bond motifs is 1. The Labute approximate surface area is 92.4 Å². The van der Waals surface area contributed by atoms with Crippen LogP contribution < -0.4 is 5.32 Å². The number of nitrogens with one attached hydrogen (secondary N) is 1. The minimum atomic E-state index is 0.350. The Morgan fingerprint density at radius 3 is 2.64 bits per heavy atom. The van der Waals surface area contributed by atoms with Crippen LogP contribution in [0.1, 0.15) is 40.5 Å². The lowest BCUT2D eigenvalue weighted by atomic mass is 9.79. The van der Waals surface area contributed by atoms with Crippen LogP contribution in [0.3, 0.4) is 0 Å². The minimum absolute atomic E-state index is 0.350. The maximum atomic E-state index is 3.83. The third-order valence-electron chi connectivity index (χ3n) is 3.60. The van der Waals surface area contributed by atoms with Gasteiger partial charge in [0.2, 0.25) is 0 Å². The molecule has 0 amide bonds. The SMILES string of the molecule is CC1CC(C)C2SCC(C)(C)NC2C1. The van der Waals surface area contributed by atoms with Crippen molar-refractivity contribution < 1.29 is 0 Å². The quantitative estimate of drug-likeness (QED) is 0.664. The molecule has 4 unspecified atom stereocenters. The zero-order valence-electron chi connectivity index (χ0n) is 9.84. The van der Waals surface area contributed by atoms with E-state index in [4.69, 9.17) is 0 Å². The molecular formula is C12H23NS. The molecule has 0 radical (unpaired) electrons. The van der Waals surface area contributed by atoms with Crippen molar-refractivity contribution in [1.82, 2.24) is 5.32 Å². The molecule has 2 aliphatic rings. The van der Waals surface area contributed by atoms with Crippen LogP contribution in [0.5, 0.6) is 0 Å². The molecule has 2 fully saturated rings. The van der Waals surface area contributed by atoms with E-state index in [1.165, 1.54) is 18.6 Å². The Hall–Kier alpha value is 0.310. The van der Waals surface area contributed by atoms with E-state index < -0.39 is 0 Å². The van der Waals surface area contributed by atoms with E-state index in [2.05, 4.69) is 44.8 Å². The molecule has 1 heterocycles. The van der Waals surface area contributed by atoms with Gasteiger partial charge in [-0.05, 0) is 38.5 Å². The van der Waals surface area contributed by atoms with Gasteiger partial charge in [0, 0.05) is 22.6 Å². The molecule has 2 rings (SSSR count). The molecule has 1 nitrogen and oxygen atoms in total. The van der Waals surface area contributed by atoms with Crippen LogP contribution in [-0.2, 0) is 0 Å². The van der Waals surface area contributed by atoms with E-state index in [0.29, 0.717) is 5.54 Å². The summed E-state index contributed by atoms with van der Waals surface area (Å²) in [6, 6.07) is 0.766. The lowest BCUT2D eigenvalue weighted by Crippen LogP contribution is -2.59. The summed E-state index contributed by atoms with van der Waals surface area (Å²) in [5.74, 6) is 3.08. The zero-order valence-corrected chi connectivity index (χ0v) is 10.7. The predicted molar refractivity (Wildman–Crippen MR) is 64.8 cm³/mol. The van der Waals surface area contributed by atoms with Crippen LogP contribution in [0, 0.1) is 11.8 Å². The summed E-state index contributed by atoms with van der Waals surface area (Å²) in [5, 5.41) is 4.71. The number of thioether (sulfide) groups is 1. The minimum Gasteiger partial charge on any atom is -0.307 e. The highest BCUT2D eigenvalue weighted by Crippen LogP contribution is 2.40. The zero-order chi connectivity index (χ0) is 10.3. The van der Waals surface area contributed by atoms with Gasteiger partial charge in [0.25, 0.3) is 0 Å². The molecule has 0 spiro atoms. The van der Waals surface area contributed by atoms with E-state index >= 15 is 0 Å².